The van der Waals surface area contributed by atoms with Crippen LogP contribution in [0.4, 0.5) is 0 Å². The van der Waals surface area contributed by atoms with Crippen LogP contribution >= 0.6 is 0 Å². The molecule has 1 amide bonds. The fourth-order valence-corrected chi connectivity index (χ4v) is 2.29. The number of carboxylic acids is 2. The molecule has 0 fully saturated rings. The van der Waals surface area contributed by atoms with Crippen molar-refractivity contribution >= 4 is 61.5 Å². The standard InChI is InChI=1S/2C12H21NO3.Ca/c2*1-2-3-4-5-6-8-11(14)13-10-7-9-12(15)16;/h2*4-5H,2-3,6-10H2,1H3,(H,13,14)(H,15,16);/q;;+2/p-2/b2*5-4+;. The Bertz CT molecular complexity index is 592. The van der Waals surface area contributed by atoms with Gasteiger partial charge in [0.25, 0.3) is 0 Å². The van der Waals surface area contributed by atoms with Gasteiger partial charge in [-0.3, -0.25) is 9.59 Å². The van der Waals surface area contributed by atoms with E-state index < -0.39 is 11.9 Å². The normalized spacial score (nSPS) is 11.0. The third-order valence-corrected chi connectivity index (χ3v) is 4.02. The van der Waals surface area contributed by atoms with E-state index in [-0.39, 0.29) is 68.9 Å². The van der Waals surface area contributed by atoms with Gasteiger partial charge < -0.3 is 30.4 Å². The maximum absolute atomic E-state index is 11.2. The topological polar surface area (TPSA) is 142 Å². The number of aliphatic carboxylic acids is 2. The molecule has 0 aromatic carbocycles. The number of carbonyl (C=O) groups is 3. The molecule has 9 heteroatoms. The van der Waals surface area contributed by atoms with Crippen molar-refractivity contribution in [3.8, 4) is 0 Å². The van der Waals surface area contributed by atoms with E-state index >= 15 is 0 Å². The van der Waals surface area contributed by atoms with Gasteiger partial charge in [-0.15, -0.1) is 0 Å². The van der Waals surface area contributed by atoms with Crippen molar-refractivity contribution in [2.75, 3.05) is 13.1 Å². The molecule has 0 atom stereocenters. The molecule has 0 bridgehead atoms. The van der Waals surface area contributed by atoms with Crippen molar-refractivity contribution in [3.05, 3.63) is 24.3 Å². The second-order valence-electron chi connectivity index (χ2n) is 7.20. The molecule has 0 aliphatic heterocycles. The van der Waals surface area contributed by atoms with Crippen molar-refractivity contribution < 1.29 is 29.7 Å². The predicted molar refractivity (Wildman–Crippen MR) is 129 cm³/mol. The van der Waals surface area contributed by atoms with Gasteiger partial charge in [-0.25, -0.2) is 0 Å². The summed E-state index contributed by atoms with van der Waals surface area (Å²) in [7, 11) is 0. The number of rotatable bonds is 18. The second kappa shape index (κ2) is 28.7. The molecule has 0 rings (SSSR count). The third-order valence-electron chi connectivity index (χ3n) is 4.02. The number of carboxylic acid groups (broad SMARTS) is 2. The Morgan fingerprint density at radius 2 is 1.36 bits per heavy atom. The zero-order valence-electron chi connectivity index (χ0n) is 20.4. The molecule has 0 unspecified atom stereocenters. The van der Waals surface area contributed by atoms with Crippen molar-refractivity contribution in [2.24, 2.45) is 4.99 Å². The molecule has 0 spiro atoms. The van der Waals surface area contributed by atoms with E-state index in [4.69, 9.17) is 5.11 Å². The number of unbranched alkanes of at least 4 members (excludes halogenated alkanes) is 2. The number of hydrogen-bond donors (Lipinski definition) is 2. The molecule has 0 aromatic heterocycles. The van der Waals surface area contributed by atoms with Crippen LogP contribution in [0.25, 0.3) is 0 Å². The first kappa shape index (κ1) is 36.2. The first-order chi connectivity index (χ1) is 15.3. The summed E-state index contributed by atoms with van der Waals surface area (Å²) in [4.78, 5) is 35.2. The summed E-state index contributed by atoms with van der Waals surface area (Å²) in [6, 6.07) is 0. The molecule has 0 radical (unpaired) electrons. The van der Waals surface area contributed by atoms with E-state index in [0.717, 1.165) is 32.1 Å². The average Bonchev–Trinajstić information content (AvgIpc) is 2.74. The van der Waals surface area contributed by atoms with E-state index in [1.807, 2.05) is 12.2 Å². The molecular weight excluding hydrogens is 452 g/mol. The summed E-state index contributed by atoms with van der Waals surface area (Å²) in [6.45, 7) is 4.94. The number of hydrogen-bond acceptors (Lipinski definition) is 6. The van der Waals surface area contributed by atoms with Gasteiger partial charge in [0, 0.05) is 31.9 Å². The number of amides is 1. The fourth-order valence-electron chi connectivity index (χ4n) is 2.29. The zero-order chi connectivity index (χ0) is 24.5. The van der Waals surface area contributed by atoms with Crippen molar-refractivity contribution in [1.29, 1.82) is 0 Å². The van der Waals surface area contributed by atoms with E-state index in [2.05, 4.69) is 36.3 Å². The number of carbonyl (C=O) groups excluding carboxylic acids is 2. The van der Waals surface area contributed by atoms with Crippen LogP contribution < -0.4 is 15.5 Å². The molecule has 0 heterocycles. The van der Waals surface area contributed by atoms with Gasteiger partial charge in [0.15, 0.2) is 0 Å². The average molecular weight is 493 g/mol. The monoisotopic (exact) mass is 492 g/mol. The van der Waals surface area contributed by atoms with Crippen LogP contribution in [-0.2, 0) is 14.4 Å². The molecule has 0 saturated heterocycles. The van der Waals surface area contributed by atoms with E-state index in [9.17, 15) is 24.6 Å². The van der Waals surface area contributed by atoms with Crippen LogP contribution in [0.2, 0.25) is 0 Å². The van der Waals surface area contributed by atoms with Crippen molar-refractivity contribution in [1.82, 2.24) is 5.32 Å². The van der Waals surface area contributed by atoms with E-state index in [1.165, 1.54) is 0 Å². The SMILES string of the molecule is CCC/C=C/CCC(=O)NCCCC(=O)O.CCC/C=C/CCC([O-])=NCCCC(=O)[O-].[Ca+2]. The maximum atomic E-state index is 11.2. The molecule has 0 aliphatic rings. The molecule has 0 saturated carbocycles. The fraction of sp³-hybridized carbons (Fsp3) is 0.667. The van der Waals surface area contributed by atoms with Crippen molar-refractivity contribution in [2.45, 2.75) is 90.9 Å². The Balaban J connectivity index is -0.000000529. The molecule has 184 valence electrons. The number of nitrogens with one attached hydrogen (secondary N) is 1. The van der Waals surface area contributed by atoms with Gasteiger partial charge >= 0.3 is 43.7 Å². The van der Waals surface area contributed by atoms with E-state index in [0.29, 0.717) is 38.6 Å². The predicted octanol–water partition coefficient (Wildman–Crippen LogP) is 2.13. The minimum atomic E-state index is -1.09. The minimum Gasteiger partial charge on any atom is -0.862 e. The summed E-state index contributed by atoms with van der Waals surface area (Å²) in [6.07, 6.45) is 15.8. The Morgan fingerprint density at radius 3 is 1.88 bits per heavy atom. The number of nitrogens with zero attached hydrogens (tertiary/aromatic N) is 1. The summed E-state index contributed by atoms with van der Waals surface area (Å²) >= 11 is 0. The molecule has 2 N–H and O–H groups in total. The largest absolute Gasteiger partial charge is 2.00 e. The van der Waals surface area contributed by atoms with Crippen LogP contribution in [0.3, 0.4) is 0 Å². The number of allylic oxidation sites excluding steroid dienone is 4. The second-order valence-corrected chi connectivity index (χ2v) is 7.20. The Labute approximate surface area is 228 Å². The summed E-state index contributed by atoms with van der Waals surface area (Å²) < 4.78 is 0. The first-order valence-corrected chi connectivity index (χ1v) is 11.5. The quantitative estimate of drug-likeness (QED) is 0.0987. The van der Waals surface area contributed by atoms with Crippen molar-refractivity contribution in [3.63, 3.8) is 0 Å². The first-order valence-electron chi connectivity index (χ1n) is 11.5. The maximum Gasteiger partial charge on any atom is 2.00 e. The van der Waals surface area contributed by atoms with Crippen LogP contribution in [0.15, 0.2) is 29.3 Å². The molecule has 33 heavy (non-hydrogen) atoms. The van der Waals surface area contributed by atoms with Gasteiger partial charge in [-0.05, 0) is 57.3 Å². The molecule has 0 aromatic rings. The molecule has 8 nitrogen and oxygen atoms in total. The van der Waals surface area contributed by atoms with Crippen LogP contribution in [-0.4, -0.2) is 79.7 Å². The summed E-state index contributed by atoms with van der Waals surface area (Å²) in [5, 5.41) is 32.3. The van der Waals surface area contributed by atoms with Gasteiger partial charge in [-0.1, -0.05) is 51.0 Å². The summed E-state index contributed by atoms with van der Waals surface area (Å²) in [5.74, 6) is -2.08. The van der Waals surface area contributed by atoms with E-state index in [1.54, 1.807) is 0 Å². The zero-order valence-corrected chi connectivity index (χ0v) is 22.6. The van der Waals surface area contributed by atoms with Gasteiger partial charge in [0.05, 0.1) is 0 Å². The third kappa shape index (κ3) is 35.4. The number of aliphatic imine (C=N–C) groups is 1. The van der Waals surface area contributed by atoms with Crippen LogP contribution in [0.1, 0.15) is 90.9 Å². The minimum absolute atomic E-state index is 0. The van der Waals surface area contributed by atoms with Crippen LogP contribution in [0.5, 0.6) is 0 Å². The Hall–Kier alpha value is -1.38. The van der Waals surface area contributed by atoms with Crippen LogP contribution in [0, 0.1) is 0 Å². The Morgan fingerprint density at radius 1 is 0.818 bits per heavy atom. The molecule has 0 aliphatic carbocycles. The summed E-state index contributed by atoms with van der Waals surface area (Å²) in [5.41, 5.74) is 0. The van der Waals surface area contributed by atoms with Gasteiger partial charge in [-0.2, -0.15) is 0 Å². The molecular formula is C24H40CaN2O6. The smallest absolute Gasteiger partial charge is 0.862 e. The van der Waals surface area contributed by atoms with Gasteiger partial charge in [0.2, 0.25) is 5.91 Å². The Kier molecular flexibility index (Phi) is 31.4. The van der Waals surface area contributed by atoms with Gasteiger partial charge in [0.1, 0.15) is 0 Å².